The van der Waals surface area contributed by atoms with Crippen molar-refractivity contribution in [3.05, 3.63) is 39.9 Å². The molecule has 4 nitrogen and oxygen atoms in total. The Bertz CT molecular complexity index is 834. The van der Waals surface area contributed by atoms with Gasteiger partial charge in [-0.25, -0.2) is 9.78 Å². The molecule has 0 unspecified atom stereocenters. The number of methoxy groups -OCH3 is 1. The second kappa shape index (κ2) is 6.38. The molecule has 2 aromatic heterocycles. The SMILES string of the molecule is COC(=O)c1ccc(N(C)c2sc3c(c2C)C(C)(C)CCC3(C)C)nc1. The quantitative estimate of drug-likeness (QED) is 0.681. The number of carbonyl (C=O) groups excluding carboxylic acids is 1. The smallest absolute Gasteiger partial charge is 0.339 e. The van der Waals surface area contributed by atoms with Crippen LogP contribution in [0.2, 0.25) is 0 Å². The molecule has 0 saturated carbocycles. The van der Waals surface area contributed by atoms with Crippen LogP contribution in [0.25, 0.3) is 0 Å². The molecule has 2 aromatic rings. The van der Waals surface area contributed by atoms with Crippen LogP contribution in [0, 0.1) is 6.92 Å². The van der Waals surface area contributed by atoms with Crippen molar-refractivity contribution in [1.29, 1.82) is 0 Å². The molecular weight excluding hydrogens is 344 g/mol. The Labute approximate surface area is 160 Å². The summed E-state index contributed by atoms with van der Waals surface area (Å²) in [5, 5.41) is 1.23. The van der Waals surface area contributed by atoms with Crippen LogP contribution in [0.3, 0.4) is 0 Å². The van der Waals surface area contributed by atoms with E-state index in [2.05, 4.69) is 44.5 Å². The van der Waals surface area contributed by atoms with Crippen molar-refractivity contribution in [3.8, 4) is 0 Å². The molecule has 140 valence electrons. The summed E-state index contributed by atoms with van der Waals surface area (Å²) in [6.07, 6.45) is 4.00. The normalized spacial score (nSPS) is 17.5. The molecule has 0 aliphatic heterocycles. The Balaban J connectivity index is 2.03. The third kappa shape index (κ3) is 3.02. The predicted molar refractivity (Wildman–Crippen MR) is 108 cm³/mol. The summed E-state index contributed by atoms with van der Waals surface area (Å²) in [5.74, 6) is 0.466. The fraction of sp³-hybridized carbons (Fsp3) is 0.524. The molecule has 0 spiro atoms. The number of thiophene rings is 1. The Morgan fingerprint density at radius 2 is 1.85 bits per heavy atom. The van der Waals surface area contributed by atoms with Crippen LogP contribution in [0.1, 0.15) is 66.9 Å². The Hall–Kier alpha value is -1.88. The first-order valence-electron chi connectivity index (χ1n) is 9.01. The topological polar surface area (TPSA) is 42.4 Å². The summed E-state index contributed by atoms with van der Waals surface area (Å²) in [6, 6.07) is 3.64. The summed E-state index contributed by atoms with van der Waals surface area (Å²) >= 11 is 1.88. The summed E-state index contributed by atoms with van der Waals surface area (Å²) in [7, 11) is 3.43. The van der Waals surface area contributed by atoms with Crippen molar-refractivity contribution in [3.63, 3.8) is 0 Å². The van der Waals surface area contributed by atoms with Gasteiger partial charge in [0.05, 0.1) is 17.7 Å². The Morgan fingerprint density at radius 3 is 2.38 bits per heavy atom. The van der Waals surface area contributed by atoms with E-state index in [1.165, 1.54) is 41.0 Å². The first-order chi connectivity index (χ1) is 12.1. The Kier molecular flexibility index (Phi) is 4.63. The zero-order valence-electron chi connectivity index (χ0n) is 16.8. The molecule has 0 saturated heterocycles. The lowest BCUT2D eigenvalue weighted by atomic mass is 9.66. The standard InChI is InChI=1S/C21H28N2O2S/c1-13-16-17(21(4,5)11-10-20(16,2)3)26-18(13)23(6)15-9-8-14(12-22-15)19(24)25-7/h8-9,12H,10-11H2,1-7H3. The highest BCUT2D eigenvalue weighted by atomic mass is 32.1. The number of ether oxygens (including phenoxy) is 1. The summed E-state index contributed by atoms with van der Waals surface area (Å²) in [4.78, 5) is 19.7. The molecule has 0 aromatic carbocycles. The number of esters is 1. The van der Waals surface area contributed by atoms with Gasteiger partial charge in [-0.05, 0) is 53.9 Å². The molecule has 0 radical (unpaired) electrons. The van der Waals surface area contributed by atoms with Gasteiger partial charge in [-0.2, -0.15) is 0 Å². The van der Waals surface area contributed by atoms with E-state index in [1.54, 1.807) is 12.3 Å². The first kappa shape index (κ1) is 18.9. The molecule has 2 heterocycles. The average molecular weight is 373 g/mol. The van der Waals surface area contributed by atoms with Crippen LogP contribution >= 0.6 is 11.3 Å². The van der Waals surface area contributed by atoms with E-state index in [-0.39, 0.29) is 16.8 Å². The lowest BCUT2D eigenvalue weighted by Gasteiger charge is -2.39. The average Bonchev–Trinajstić information content (AvgIpc) is 2.97. The van der Waals surface area contributed by atoms with Crippen LogP contribution in [0.5, 0.6) is 0 Å². The third-order valence-electron chi connectivity index (χ3n) is 5.61. The van der Waals surface area contributed by atoms with Crippen LogP contribution < -0.4 is 4.90 Å². The maximum absolute atomic E-state index is 11.6. The zero-order valence-corrected chi connectivity index (χ0v) is 17.6. The molecule has 1 aliphatic carbocycles. The highest BCUT2D eigenvalue weighted by Crippen LogP contribution is 2.54. The number of hydrogen-bond acceptors (Lipinski definition) is 5. The second-order valence-electron chi connectivity index (χ2n) is 8.46. The summed E-state index contributed by atoms with van der Waals surface area (Å²) in [6.45, 7) is 11.6. The first-order valence-corrected chi connectivity index (χ1v) is 9.82. The highest BCUT2D eigenvalue weighted by molar-refractivity contribution is 7.16. The van der Waals surface area contributed by atoms with Crippen LogP contribution in [0.4, 0.5) is 10.8 Å². The van der Waals surface area contributed by atoms with Gasteiger partial charge in [0.25, 0.3) is 0 Å². The molecule has 1 aliphatic rings. The van der Waals surface area contributed by atoms with Gasteiger partial charge in [-0.15, -0.1) is 11.3 Å². The van der Waals surface area contributed by atoms with E-state index in [4.69, 9.17) is 4.74 Å². The van der Waals surface area contributed by atoms with Gasteiger partial charge in [-0.3, -0.25) is 0 Å². The van der Waals surface area contributed by atoms with Crippen molar-refractivity contribution in [2.75, 3.05) is 19.1 Å². The maximum Gasteiger partial charge on any atom is 0.339 e. The second-order valence-corrected chi connectivity index (χ2v) is 9.46. The Morgan fingerprint density at radius 1 is 1.19 bits per heavy atom. The number of pyridine rings is 1. The molecule has 0 atom stereocenters. The molecular formula is C21H28N2O2S. The van der Waals surface area contributed by atoms with Crippen molar-refractivity contribution in [2.24, 2.45) is 0 Å². The number of hydrogen-bond donors (Lipinski definition) is 0. The minimum Gasteiger partial charge on any atom is -0.465 e. The minimum atomic E-state index is -0.363. The van der Waals surface area contributed by atoms with Crippen molar-refractivity contribution < 1.29 is 9.53 Å². The van der Waals surface area contributed by atoms with E-state index >= 15 is 0 Å². The lowest BCUT2D eigenvalue weighted by Crippen LogP contribution is -2.32. The number of aromatic nitrogens is 1. The molecule has 0 N–H and O–H groups in total. The fourth-order valence-electron chi connectivity index (χ4n) is 3.90. The van der Waals surface area contributed by atoms with Crippen molar-refractivity contribution in [1.82, 2.24) is 4.98 Å². The number of carbonyl (C=O) groups is 1. The van der Waals surface area contributed by atoms with Gasteiger partial charge in [0.15, 0.2) is 0 Å². The fourth-order valence-corrected chi connectivity index (χ4v) is 5.49. The van der Waals surface area contributed by atoms with Crippen LogP contribution in [-0.4, -0.2) is 25.1 Å². The third-order valence-corrected chi connectivity index (χ3v) is 7.34. The maximum atomic E-state index is 11.6. The van der Waals surface area contributed by atoms with Gasteiger partial charge in [-0.1, -0.05) is 27.7 Å². The van der Waals surface area contributed by atoms with Crippen molar-refractivity contribution >= 4 is 28.1 Å². The molecule has 5 heteroatoms. The van der Waals surface area contributed by atoms with E-state index in [0.717, 1.165) is 5.82 Å². The predicted octanol–water partition coefficient (Wildman–Crippen LogP) is 5.36. The molecule has 0 bridgehead atoms. The monoisotopic (exact) mass is 372 g/mol. The van der Waals surface area contributed by atoms with Crippen LogP contribution in [-0.2, 0) is 15.6 Å². The van der Waals surface area contributed by atoms with Gasteiger partial charge in [0, 0.05) is 18.1 Å². The minimum absolute atomic E-state index is 0.201. The molecule has 3 rings (SSSR count). The number of fused-ring (bicyclic) bond motifs is 1. The van der Waals surface area contributed by atoms with Crippen molar-refractivity contribution in [2.45, 2.75) is 58.3 Å². The number of anilines is 2. The number of rotatable bonds is 3. The van der Waals surface area contributed by atoms with E-state index < -0.39 is 0 Å². The van der Waals surface area contributed by atoms with E-state index in [9.17, 15) is 4.79 Å². The van der Waals surface area contributed by atoms with E-state index in [0.29, 0.717) is 5.56 Å². The summed E-state index contributed by atoms with van der Waals surface area (Å²) in [5.41, 5.74) is 3.74. The zero-order chi connectivity index (χ0) is 19.3. The molecule has 26 heavy (non-hydrogen) atoms. The highest BCUT2D eigenvalue weighted by Gasteiger charge is 2.41. The number of nitrogens with zero attached hydrogens (tertiary/aromatic N) is 2. The molecule has 0 amide bonds. The van der Waals surface area contributed by atoms with Crippen LogP contribution in [0.15, 0.2) is 18.3 Å². The van der Waals surface area contributed by atoms with E-state index in [1.807, 2.05) is 24.5 Å². The van der Waals surface area contributed by atoms with Gasteiger partial charge in [0.1, 0.15) is 5.82 Å². The van der Waals surface area contributed by atoms with Gasteiger partial charge >= 0.3 is 5.97 Å². The van der Waals surface area contributed by atoms with Gasteiger partial charge < -0.3 is 9.64 Å². The summed E-state index contributed by atoms with van der Waals surface area (Å²) < 4.78 is 4.75. The molecule has 0 fully saturated rings. The van der Waals surface area contributed by atoms with Gasteiger partial charge in [0.2, 0.25) is 0 Å². The largest absolute Gasteiger partial charge is 0.465 e. The lowest BCUT2D eigenvalue weighted by molar-refractivity contribution is 0.0600.